The highest BCUT2D eigenvalue weighted by molar-refractivity contribution is 5.92. The monoisotopic (exact) mass is 336 g/mol. The number of nitrogens with one attached hydrogen (secondary N) is 3. The Hall–Kier alpha value is -2.82. The van der Waals surface area contributed by atoms with Gasteiger partial charge in [-0.15, -0.1) is 0 Å². The largest absolute Gasteiger partial charge is 0.383 e. The molecule has 0 aliphatic heterocycles. The van der Waals surface area contributed by atoms with Gasteiger partial charge in [-0.3, -0.25) is 4.79 Å². The number of aromatic nitrogens is 2. The molecule has 0 spiro atoms. The van der Waals surface area contributed by atoms with Crippen LogP contribution in [-0.2, 0) is 6.42 Å². The molecule has 3 N–H and O–H groups in total. The normalized spacial score (nSPS) is 11.5. The standard InChI is InChI=1S/C20H24N4O/c1-20(2,3)24-19(25)18-9-8-15(13-23-18)21-11-10-14-12-22-17-7-5-4-6-16(14)17/h4-9,12-13,21-22H,10-11H2,1-3H3,(H,24,25). The maximum Gasteiger partial charge on any atom is 0.270 e. The summed E-state index contributed by atoms with van der Waals surface area (Å²) in [6.45, 7) is 6.65. The molecule has 5 heteroatoms. The Balaban J connectivity index is 1.56. The zero-order valence-corrected chi connectivity index (χ0v) is 14.9. The first-order valence-electron chi connectivity index (χ1n) is 8.50. The lowest BCUT2D eigenvalue weighted by molar-refractivity contribution is 0.0914. The Morgan fingerprint density at radius 3 is 2.68 bits per heavy atom. The van der Waals surface area contributed by atoms with Crippen molar-refractivity contribution in [2.75, 3.05) is 11.9 Å². The third kappa shape index (κ3) is 4.38. The Morgan fingerprint density at radius 2 is 1.96 bits per heavy atom. The number of para-hydroxylation sites is 1. The quantitative estimate of drug-likeness (QED) is 0.665. The van der Waals surface area contributed by atoms with Crippen LogP contribution in [-0.4, -0.2) is 28.0 Å². The number of H-pyrrole nitrogens is 1. The minimum Gasteiger partial charge on any atom is -0.383 e. The van der Waals surface area contributed by atoms with Crippen LogP contribution >= 0.6 is 0 Å². The third-order valence-electron chi connectivity index (χ3n) is 3.88. The zero-order valence-electron chi connectivity index (χ0n) is 14.9. The lowest BCUT2D eigenvalue weighted by atomic mass is 10.1. The van der Waals surface area contributed by atoms with E-state index in [1.807, 2.05) is 32.9 Å². The first-order valence-corrected chi connectivity index (χ1v) is 8.50. The molecule has 2 heterocycles. The molecular weight excluding hydrogens is 312 g/mol. The first-order chi connectivity index (χ1) is 11.9. The molecule has 1 aromatic carbocycles. The van der Waals surface area contributed by atoms with E-state index in [0.717, 1.165) is 24.2 Å². The van der Waals surface area contributed by atoms with E-state index in [0.29, 0.717) is 5.69 Å². The van der Waals surface area contributed by atoms with Crippen LogP contribution in [0.3, 0.4) is 0 Å². The van der Waals surface area contributed by atoms with Gasteiger partial charge in [0, 0.05) is 29.2 Å². The number of benzene rings is 1. The average molecular weight is 336 g/mol. The van der Waals surface area contributed by atoms with Gasteiger partial charge >= 0.3 is 0 Å². The van der Waals surface area contributed by atoms with Crippen LogP contribution in [0.25, 0.3) is 10.9 Å². The molecule has 2 aromatic heterocycles. The molecule has 0 saturated carbocycles. The van der Waals surface area contributed by atoms with Gasteiger partial charge in [-0.2, -0.15) is 0 Å². The van der Waals surface area contributed by atoms with E-state index in [1.54, 1.807) is 12.3 Å². The molecular formula is C20H24N4O. The number of carbonyl (C=O) groups excluding carboxylic acids is 1. The van der Waals surface area contributed by atoms with Gasteiger partial charge in [0.25, 0.3) is 5.91 Å². The minimum atomic E-state index is -0.269. The van der Waals surface area contributed by atoms with Crippen molar-refractivity contribution in [3.8, 4) is 0 Å². The zero-order chi connectivity index (χ0) is 17.9. The van der Waals surface area contributed by atoms with Crippen molar-refractivity contribution in [3.05, 3.63) is 60.0 Å². The van der Waals surface area contributed by atoms with Crippen LogP contribution in [0.2, 0.25) is 0 Å². The smallest absolute Gasteiger partial charge is 0.270 e. The lowest BCUT2D eigenvalue weighted by Crippen LogP contribution is -2.40. The fourth-order valence-electron chi connectivity index (χ4n) is 2.72. The van der Waals surface area contributed by atoms with E-state index in [4.69, 9.17) is 0 Å². The van der Waals surface area contributed by atoms with Gasteiger partial charge in [-0.1, -0.05) is 18.2 Å². The summed E-state index contributed by atoms with van der Waals surface area (Å²) < 4.78 is 0. The summed E-state index contributed by atoms with van der Waals surface area (Å²) in [7, 11) is 0. The lowest BCUT2D eigenvalue weighted by Gasteiger charge is -2.20. The molecule has 130 valence electrons. The Bertz CT molecular complexity index is 859. The van der Waals surface area contributed by atoms with Crippen molar-refractivity contribution in [1.29, 1.82) is 0 Å². The summed E-state index contributed by atoms with van der Waals surface area (Å²) in [6, 6.07) is 11.9. The number of amides is 1. The summed E-state index contributed by atoms with van der Waals surface area (Å²) in [4.78, 5) is 19.6. The van der Waals surface area contributed by atoms with Crippen molar-refractivity contribution >= 4 is 22.5 Å². The van der Waals surface area contributed by atoms with Crippen molar-refractivity contribution in [2.24, 2.45) is 0 Å². The van der Waals surface area contributed by atoms with Crippen molar-refractivity contribution in [3.63, 3.8) is 0 Å². The molecule has 0 radical (unpaired) electrons. The van der Waals surface area contributed by atoms with E-state index >= 15 is 0 Å². The fraction of sp³-hybridized carbons (Fsp3) is 0.300. The van der Waals surface area contributed by atoms with Gasteiger partial charge in [0.2, 0.25) is 0 Å². The SMILES string of the molecule is CC(C)(C)NC(=O)c1ccc(NCCc2c[nH]c3ccccc23)cn1. The van der Waals surface area contributed by atoms with E-state index < -0.39 is 0 Å². The molecule has 5 nitrogen and oxygen atoms in total. The molecule has 25 heavy (non-hydrogen) atoms. The number of pyridine rings is 1. The van der Waals surface area contributed by atoms with Gasteiger partial charge in [-0.25, -0.2) is 4.98 Å². The van der Waals surface area contributed by atoms with Crippen LogP contribution in [0, 0.1) is 0 Å². The predicted molar refractivity (Wildman–Crippen MR) is 102 cm³/mol. The van der Waals surface area contributed by atoms with E-state index in [2.05, 4.69) is 45.0 Å². The van der Waals surface area contributed by atoms with Gasteiger partial charge in [-0.05, 0) is 51.0 Å². The molecule has 0 aliphatic carbocycles. The molecule has 0 bridgehead atoms. The molecule has 0 unspecified atom stereocenters. The van der Waals surface area contributed by atoms with Gasteiger partial charge in [0.1, 0.15) is 5.69 Å². The second kappa shape index (κ2) is 6.97. The first kappa shape index (κ1) is 17.0. The van der Waals surface area contributed by atoms with Gasteiger partial charge in [0.15, 0.2) is 0 Å². The van der Waals surface area contributed by atoms with Crippen LogP contribution in [0.15, 0.2) is 48.8 Å². The highest BCUT2D eigenvalue weighted by Gasteiger charge is 2.15. The molecule has 3 aromatic rings. The van der Waals surface area contributed by atoms with Crippen LogP contribution in [0.4, 0.5) is 5.69 Å². The second-order valence-corrected chi connectivity index (χ2v) is 7.17. The summed E-state index contributed by atoms with van der Waals surface area (Å²) in [5.74, 6) is -0.155. The second-order valence-electron chi connectivity index (χ2n) is 7.17. The summed E-state index contributed by atoms with van der Waals surface area (Å²) in [6.07, 6.45) is 4.67. The Labute approximate surface area is 147 Å². The minimum absolute atomic E-state index is 0.155. The number of hydrogen-bond acceptors (Lipinski definition) is 3. The third-order valence-corrected chi connectivity index (χ3v) is 3.88. The fourth-order valence-corrected chi connectivity index (χ4v) is 2.72. The van der Waals surface area contributed by atoms with Gasteiger partial charge < -0.3 is 15.6 Å². The Morgan fingerprint density at radius 1 is 1.16 bits per heavy atom. The molecule has 1 amide bonds. The van der Waals surface area contributed by atoms with Crippen molar-refractivity contribution in [2.45, 2.75) is 32.7 Å². The number of hydrogen-bond donors (Lipinski definition) is 3. The highest BCUT2D eigenvalue weighted by atomic mass is 16.2. The maximum atomic E-state index is 12.1. The van der Waals surface area contributed by atoms with E-state index in [9.17, 15) is 4.79 Å². The molecule has 3 rings (SSSR count). The predicted octanol–water partition coefficient (Wildman–Crippen LogP) is 3.75. The van der Waals surface area contributed by atoms with Crippen LogP contribution < -0.4 is 10.6 Å². The van der Waals surface area contributed by atoms with Crippen molar-refractivity contribution < 1.29 is 4.79 Å². The van der Waals surface area contributed by atoms with Crippen LogP contribution in [0.1, 0.15) is 36.8 Å². The number of rotatable bonds is 5. The average Bonchev–Trinajstić information content (AvgIpc) is 2.97. The molecule has 0 aliphatic rings. The maximum absolute atomic E-state index is 12.1. The number of nitrogens with zero attached hydrogens (tertiary/aromatic N) is 1. The molecule has 0 saturated heterocycles. The van der Waals surface area contributed by atoms with E-state index in [1.165, 1.54) is 10.9 Å². The van der Waals surface area contributed by atoms with E-state index in [-0.39, 0.29) is 11.4 Å². The van der Waals surface area contributed by atoms with Crippen LogP contribution in [0.5, 0.6) is 0 Å². The number of anilines is 1. The number of fused-ring (bicyclic) bond motifs is 1. The number of carbonyl (C=O) groups is 1. The topological polar surface area (TPSA) is 69.8 Å². The molecule has 0 fully saturated rings. The molecule has 0 atom stereocenters. The summed E-state index contributed by atoms with van der Waals surface area (Å²) >= 11 is 0. The number of aromatic amines is 1. The summed E-state index contributed by atoms with van der Waals surface area (Å²) in [5, 5.41) is 7.52. The van der Waals surface area contributed by atoms with Gasteiger partial charge in [0.05, 0.1) is 11.9 Å². The highest BCUT2D eigenvalue weighted by Crippen LogP contribution is 2.18. The summed E-state index contributed by atoms with van der Waals surface area (Å²) in [5.41, 5.74) is 3.52. The van der Waals surface area contributed by atoms with Crippen molar-refractivity contribution in [1.82, 2.24) is 15.3 Å². The Kier molecular flexibility index (Phi) is 4.74.